The van der Waals surface area contributed by atoms with E-state index in [0.717, 1.165) is 42.6 Å². The molecular formula is C22H30N2O3S. The number of nitrogens with one attached hydrogen (secondary N) is 1. The van der Waals surface area contributed by atoms with E-state index < -0.39 is 10.0 Å². The summed E-state index contributed by atoms with van der Waals surface area (Å²) in [6, 6.07) is 15.0. The molecule has 1 atom stereocenters. The summed E-state index contributed by atoms with van der Waals surface area (Å²) in [6.45, 7) is 7.77. The first-order chi connectivity index (χ1) is 13.5. The van der Waals surface area contributed by atoms with Crippen LogP contribution in [0.5, 0.6) is 0 Å². The summed E-state index contributed by atoms with van der Waals surface area (Å²) in [5.41, 5.74) is 3.29. The third-order valence-corrected chi connectivity index (χ3v) is 6.58. The van der Waals surface area contributed by atoms with Gasteiger partial charge in [0.25, 0.3) is 0 Å². The summed E-state index contributed by atoms with van der Waals surface area (Å²) in [7, 11) is -3.61. The Labute approximate surface area is 168 Å². The van der Waals surface area contributed by atoms with Crippen LogP contribution in [0.1, 0.15) is 36.1 Å². The second-order valence-corrected chi connectivity index (χ2v) is 9.11. The third-order valence-electron chi connectivity index (χ3n) is 5.09. The zero-order valence-corrected chi connectivity index (χ0v) is 17.5. The Hall–Kier alpha value is -1.73. The maximum absolute atomic E-state index is 13.0. The fourth-order valence-electron chi connectivity index (χ4n) is 3.43. The average Bonchev–Trinajstić information content (AvgIpc) is 2.69. The maximum atomic E-state index is 13.0. The van der Waals surface area contributed by atoms with Gasteiger partial charge >= 0.3 is 0 Å². The van der Waals surface area contributed by atoms with Crippen molar-refractivity contribution in [3.05, 3.63) is 65.2 Å². The van der Waals surface area contributed by atoms with Gasteiger partial charge in [-0.2, -0.15) is 0 Å². The van der Waals surface area contributed by atoms with Gasteiger partial charge in [-0.3, -0.25) is 4.90 Å². The minimum absolute atomic E-state index is 0.306. The zero-order chi connectivity index (χ0) is 20.0. The largest absolute Gasteiger partial charge is 0.379 e. The van der Waals surface area contributed by atoms with Gasteiger partial charge in [-0.1, -0.05) is 55.3 Å². The van der Waals surface area contributed by atoms with Gasteiger partial charge in [-0.15, -0.1) is 0 Å². The molecule has 0 radical (unpaired) electrons. The molecule has 0 amide bonds. The molecule has 1 heterocycles. The molecule has 3 rings (SSSR count). The molecule has 2 aromatic rings. The standard InChI is InChI=1S/C22H30N2O3S/c1-3-4-19-7-11-21(12-8-19)28(25,26)23-22(17-24-13-15-27-16-14-24)20-9-5-18(2)6-10-20/h5-12,22-23H,3-4,13-17H2,1-2H3/t22-/m0/s1. The lowest BCUT2D eigenvalue weighted by atomic mass is 10.1. The molecule has 1 N–H and O–H groups in total. The first kappa shape index (κ1) is 21.0. The summed E-state index contributed by atoms with van der Waals surface area (Å²) >= 11 is 0. The first-order valence-electron chi connectivity index (χ1n) is 9.96. The van der Waals surface area contributed by atoms with Gasteiger partial charge in [0.1, 0.15) is 0 Å². The van der Waals surface area contributed by atoms with Gasteiger partial charge in [-0.05, 0) is 36.6 Å². The lowest BCUT2D eigenvalue weighted by Crippen LogP contribution is -2.43. The SMILES string of the molecule is CCCc1ccc(S(=O)(=O)N[C@@H](CN2CCOCC2)c2ccc(C)cc2)cc1. The molecule has 28 heavy (non-hydrogen) atoms. The molecule has 0 unspecified atom stereocenters. The highest BCUT2D eigenvalue weighted by atomic mass is 32.2. The van der Waals surface area contributed by atoms with E-state index in [2.05, 4.69) is 16.5 Å². The lowest BCUT2D eigenvalue weighted by molar-refractivity contribution is 0.0345. The topological polar surface area (TPSA) is 58.6 Å². The van der Waals surface area contributed by atoms with Crippen LogP contribution in [-0.2, 0) is 21.2 Å². The highest BCUT2D eigenvalue weighted by Crippen LogP contribution is 2.20. The molecular weight excluding hydrogens is 372 g/mol. The summed E-state index contributed by atoms with van der Waals surface area (Å²) in [5.74, 6) is 0. The number of morpholine rings is 1. The Balaban J connectivity index is 1.81. The molecule has 1 aliphatic rings. The van der Waals surface area contributed by atoms with Crippen LogP contribution in [0, 0.1) is 6.92 Å². The molecule has 2 aromatic carbocycles. The Bertz CT molecular complexity index is 842. The van der Waals surface area contributed by atoms with Crippen molar-refractivity contribution in [1.82, 2.24) is 9.62 Å². The van der Waals surface area contributed by atoms with E-state index >= 15 is 0 Å². The molecule has 1 aliphatic heterocycles. The molecule has 0 saturated carbocycles. The van der Waals surface area contributed by atoms with Crippen molar-refractivity contribution in [2.45, 2.75) is 37.6 Å². The molecule has 1 saturated heterocycles. The second kappa shape index (κ2) is 9.65. The lowest BCUT2D eigenvalue weighted by Gasteiger charge is -2.31. The van der Waals surface area contributed by atoms with Gasteiger partial charge in [0.2, 0.25) is 10.0 Å². The quantitative estimate of drug-likeness (QED) is 0.736. The monoisotopic (exact) mass is 402 g/mol. The second-order valence-electron chi connectivity index (χ2n) is 7.39. The summed E-state index contributed by atoms with van der Waals surface area (Å²) in [5, 5.41) is 0. The van der Waals surface area contributed by atoms with Crippen molar-refractivity contribution in [2.75, 3.05) is 32.8 Å². The van der Waals surface area contributed by atoms with Crippen LogP contribution in [-0.4, -0.2) is 46.2 Å². The van der Waals surface area contributed by atoms with Crippen molar-refractivity contribution in [3.63, 3.8) is 0 Å². The van der Waals surface area contributed by atoms with Gasteiger partial charge in [0.15, 0.2) is 0 Å². The Kier molecular flexibility index (Phi) is 7.24. The molecule has 1 fully saturated rings. The van der Waals surface area contributed by atoms with Crippen molar-refractivity contribution in [3.8, 4) is 0 Å². The smallest absolute Gasteiger partial charge is 0.241 e. The highest BCUT2D eigenvalue weighted by Gasteiger charge is 2.24. The number of nitrogens with zero attached hydrogens (tertiary/aromatic N) is 1. The van der Waals surface area contributed by atoms with E-state index in [0.29, 0.717) is 24.7 Å². The number of hydrogen-bond acceptors (Lipinski definition) is 4. The van der Waals surface area contributed by atoms with Crippen LogP contribution in [0.2, 0.25) is 0 Å². The predicted octanol–water partition coefficient (Wildman–Crippen LogP) is 3.30. The number of rotatable bonds is 8. The van der Waals surface area contributed by atoms with Gasteiger partial charge in [0.05, 0.1) is 24.2 Å². The van der Waals surface area contributed by atoms with E-state index in [1.165, 1.54) is 0 Å². The fraction of sp³-hybridized carbons (Fsp3) is 0.455. The van der Waals surface area contributed by atoms with E-state index in [-0.39, 0.29) is 6.04 Å². The molecule has 6 heteroatoms. The minimum atomic E-state index is -3.61. The number of ether oxygens (including phenoxy) is 1. The number of hydrogen-bond donors (Lipinski definition) is 1. The molecule has 152 valence electrons. The Morgan fingerprint density at radius 2 is 1.68 bits per heavy atom. The van der Waals surface area contributed by atoms with Gasteiger partial charge in [0, 0.05) is 19.6 Å². The van der Waals surface area contributed by atoms with Crippen LogP contribution in [0.25, 0.3) is 0 Å². The summed E-state index contributed by atoms with van der Waals surface area (Å²) < 4.78 is 34.4. The number of benzene rings is 2. The maximum Gasteiger partial charge on any atom is 0.241 e. The van der Waals surface area contributed by atoms with Crippen LogP contribution in [0.3, 0.4) is 0 Å². The van der Waals surface area contributed by atoms with Crippen LogP contribution in [0.4, 0.5) is 0 Å². The average molecular weight is 403 g/mol. The van der Waals surface area contributed by atoms with Gasteiger partial charge < -0.3 is 4.74 Å². The van der Waals surface area contributed by atoms with E-state index in [1.807, 2.05) is 43.3 Å². The predicted molar refractivity (Wildman–Crippen MR) is 112 cm³/mol. The van der Waals surface area contributed by atoms with E-state index in [9.17, 15) is 8.42 Å². The number of aryl methyl sites for hydroxylation is 2. The minimum Gasteiger partial charge on any atom is -0.379 e. The molecule has 0 aliphatic carbocycles. The first-order valence-corrected chi connectivity index (χ1v) is 11.4. The molecule has 0 bridgehead atoms. The molecule has 0 spiro atoms. The van der Waals surface area contributed by atoms with Crippen LogP contribution < -0.4 is 4.72 Å². The number of sulfonamides is 1. The molecule has 0 aromatic heterocycles. The van der Waals surface area contributed by atoms with Crippen molar-refractivity contribution < 1.29 is 13.2 Å². The Morgan fingerprint density at radius 3 is 2.29 bits per heavy atom. The Morgan fingerprint density at radius 1 is 1.04 bits per heavy atom. The van der Waals surface area contributed by atoms with Crippen LogP contribution in [0.15, 0.2) is 53.4 Å². The van der Waals surface area contributed by atoms with Gasteiger partial charge in [-0.25, -0.2) is 13.1 Å². The normalized spacial score (nSPS) is 16.8. The molecule has 5 nitrogen and oxygen atoms in total. The third kappa shape index (κ3) is 5.64. The van der Waals surface area contributed by atoms with Crippen molar-refractivity contribution >= 4 is 10.0 Å². The summed E-state index contributed by atoms with van der Waals surface area (Å²) in [4.78, 5) is 2.56. The summed E-state index contributed by atoms with van der Waals surface area (Å²) in [6.07, 6.45) is 2.00. The van der Waals surface area contributed by atoms with E-state index in [1.54, 1.807) is 12.1 Å². The van der Waals surface area contributed by atoms with Crippen molar-refractivity contribution in [2.24, 2.45) is 0 Å². The zero-order valence-electron chi connectivity index (χ0n) is 16.7. The highest BCUT2D eigenvalue weighted by molar-refractivity contribution is 7.89. The van der Waals surface area contributed by atoms with Crippen LogP contribution >= 0.6 is 0 Å². The fourth-order valence-corrected chi connectivity index (χ4v) is 4.65. The van der Waals surface area contributed by atoms with E-state index in [4.69, 9.17) is 4.74 Å². The van der Waals surface area contributed by atoms with Crippen molar-refractivity contribution in [1.29, 1.82) is 0 Å².